The van der Waals surface area contributed by atoms with Crippen LogP contribution in [0.2, 0.25) is 0 Å². The molecule has 104 valence electrons. The van der Waals surface area contributed by atoms with E-state index in [-0.39, 0.29) is 17.5 Å². The minimum Gasteiger partial charge on any atom is -0.493 e. The summed E-state index contributed by atoms with van der Waals surface area (Å²) >= 11 is 0. The molecule has 0 bridgehead atoms. The van der Waals surface area contributed by atoms with Crippen LogP contribution in [0, 0.1) is 5.82 Å². The number of benzene rings is 1. The second kappa shape index (κ2) is 6.02. The minimum absolute atomic E-state index is 0.0173. The first kappa shape index (κ1) is 13.8. The van der Waals surface area contributed by atoms with Gasteiger partial charge in [-0.25, -0.2) is 4.39 Å². The number of nitrogens with two attached hydrogens (primary N) is 1. The maximum absolute atomic E-state index is 13.9. The molecule has 1 aliphatic heterocycles. The molecule has 0 atom stereocenters. The van der Waals surface area contributed by atoms with E-state index in [2.05, 4.69) is 6.92 Å². The first-order valence-electron chi connectivity index (χ1n) is 6.59. The van der Waals surface area contributed by atoms with Crippen LogP contribution >= 0.6 is 0 Å². The summed E-state index contributed by atoms with van der Waals surface area (Å²) in [6, 6.07) is 4.39. The maximum Gasteiger partial charge on any atom is 0.256 e. The van der Waals surface area contributed by atoms with E-state index in [9.17, 15) is 9.18 Å². The fourth-order valence-corrected chi connectivity index (χ4v) is 1.94. The summed E-state index contributed by atoms with van der Waals surface area (Å²) < 4.78 is 19.3. The fourth-order valence-electron chi connectivity index (χ4n) is 1.94. The standard InChI is InChI=1S/C14H19FN2O2/c1-2-3-6-19-11-4-5-12(13(15)7-11)14(18)17-8-10(16)9-17/h4-5,7,10H,2-3,6,8-9,16H2,1H3. The summed E-state index contributed by atoms with van der Waals surface area (Å²) in [5, 5.41) is 0. The van der Waals surface area contributed by atoms with Gasteiger partial charge in [-0.15, -0.1) is 0 Å². The molecule has 0 aliphatic carbocycles. The highest BCUT2D eigenvalue weighted by Crippen LogP contribution is 2.20. The third kappa shape index (κ3) is 3.23. The monoisotopic (exact) mass is 266 g/mol. The molecular weight excluding hydrogens is 247 g/mol. The Balaban J connectivity index is 2.00. The zero-order valence-electron chi connectivity index (χ0n) is 11.1. The molecule has 1 saturated heterocycles. The van der Waals surface area contributed by atoms with E-state index in [1.807, 2.05) is 0 Å². The number of halogens is 1. The largest absolute Gasteiger partial charge is 0.493 e. The van der Waals surface area contributed by atoms with Gasteiger partial charge in [0, 0.05) is 25.2 Å². The zero-order valence-corrected chi connectivity index (χ0v) is 11.1. The van der Waals surface area contributed by atoms with E-state index in [1.165, 1.54) is 12.1 Å². The summed E-state index contributed by atoms with van der Waals surface area (Å²) in [5.74, 6) is -0.387. The lowest BCUT2D eigenvalue weighted by Gasteiger charge is -2.36. The molecule has 0 radical (unpaired) electrons. The summed E-state index contributed by atoms with van der Waals surface area (Å²) in [4.78, 5) is 13.5. The highest BCUT2D eigenvalue weighted by molar-refractivity contribution is 5.95. The van der Waals surface area contributed by atoms with Gasteiger partial charge in [-0.2, -0.15) is 0 Å². The molecule has 5 heteroatoms. The van der Waals surface area contributed by atoms with Gasteiger partial charge in [-0.1, -0.05) is 13.3 Å². The summed E-state index contributed by atoms with van der Waals surface area (Å²) in [5.41, 5.74) is 5.69. The average molecular weight is 266 g/mol. The first-order chi connectivity index (χ1) is 9.11. The SMILES string of the molecule is CCCCOc1ccc(C(=O)N2CC(N)C2)c(F)c1. The second-order valence-corrected chi connectivity index (χ2v) is 4.81. The Morgan fingerprint density at radius 3 is 2.84 bits per heavy atom. The normalized spacial score (nSPS) is 15.2. The lowest BCUT2D eigenvalue weighted by Crippen LogP contribution is -2.57. The number of likely N-dealkylation sites (tertiary alicyclic amines) is 1. The molecule has 0 spiro atoms. The van der Waals surface area contributed by atoms with E-state index >= 15 is 0 Å². The molecule has 0 saturated carbocycles. The van der Waals surface area contributed by atoms with Crippen LogP contribution in [-0.2, 0) is 0 Å². The van der Waals surface area contributed by atoms with Crippen LogP contribution in [0.15, 0.2) is 18.2 Å². The van der Waals surface area contributed by atoms with Crippen LogP contribution in [0.4, 0.5) is 4.39 Å². The van der Waals surface area contributed by atoms with Crippen molar-refractivity contribution in [2.45, 2.75) is 25.8 Å². The Morgan fingerprint density at radius 1 is 1.53 bits per heavy atom. The van der Waals surface area contributed by atoms with Crippen LogP contribution in [0.5, 0.6) is 5.75 Å². The van der Waals surface area contributed by atoms with E-state index < -0.39 is 5.82 Å². The van der Waals surface area contributed by atoms with Gasteiger partial charge in [0.15, 0.2) is 0 Å². The van der Waals surface area contributed by atoms with Gasteiger partial charge in [0.25, 0.3) is 5.91 Å². The molecular formula is C14H19FN2O2. The lowest BCUT2D eigenvalue weighted by atomic mass is 10.1. The summed E-state index contributed by atoms with van der Waals surface area (Å²) in [7, 11) is 0. The predicted molar refractivity (Wildman–Crippen MR) is 70.7 cm³/mol. The molecule has 19 heavy (non-hydrogen) atoms. The van der Waals surface area contributed by atoms with Crippen molar-refractivity contribution in [2.75, 3.05) is 19.7 Å². The van der Waals surface area contributed by atoms with Crippen molar-refractivity contribution in [1.29, 1.82) is 0 Å². The first-order valence-corrected chi connectivity index (χ1v) is 6.59. The molecule has 2 rings (SSSR count). The molecule has 1 aromatic carbocycles. The number of amides is 1. The van der Waals surface area contributed by atoms with E-state index in [0.29, 0.717) is 25.4 Å². The van der Waals surface area contributed by atoms with Crippen molar-refractivity contribution in [2.24, 2.45) is 5.73 Å². The van der Waals surface area contributed by atoms with E-state index in [1.54, 1.807) is 11.0 Å². The van der Waals surface area contributed by atoms with E-state index in [0.717, 1.165) is 12.8 Å². The minimum atomic E-state index is -0.542. The Hall–Kier alpha value is -1.62. The molecule has 0 unspecified atom stereocenters. The van der Waals surface area contributed by atoms with Gasteiger partial charge < -0.3 is 15.4 Å². The molecule has 4 nitrogen and oxygen atoms in total. The van der Waals surface area contributed by atoms with Crippen LogP contribution < -0.4 is 10.5 Å². The van der Waals surface area contributed by atoms with Crippen LogP contribution in [0.25, 0.3) is 0 Å². The molecule has 1 aromatic rings. The molecule has 1 heterocycles. The molecule has 1 aliphatic rings. The summed E-state index contributed by atoms with van der Waals surface area (Å²) in [6.45, 7) is 3.60. The molecule has 1 fully saturated rings. The van der Waals surface area contributed by atoms with Gasteiger partial charge in [0.1, 0.15) is 11.6 Å². The van der Waals surface area contributed by atoms with Gasteiger partial charge in [0.05, 0.1) is 12.2 Å². The number of ether oxygens (including phenoxy) is 1. The molecule has 1 amide bonds. The molecule has 0 aromatic heterocycles. The van der Waals surface area contributed by atoms with Crippen molar-refractivity contribution in [1.82, 2.24) is 4.90 Å². The summed E-state index contributed by atoms with van der Waals surface area (Å²) in [6.07, 6.45) is 1.95. The Kier molecular flexibility index (Phi) is 4.37. The third-order valence-electron chi connectivity index (χ3n) is 3.13. The van der Waals surface area contributed by atoms with E-state index in [4.69, 9.17) is 10.5 Å². The van der Waals surface area contributed by atoms with Crippen LogP contribution in [0.3, 0.4) is 0 Å². The van der Waals surface area contributed by atoms with Crippen molar-refractivity contribution in [3.63, 3.8) is 0 Å². The van der Waals surface area contributed by atoms with Gasteiger partial charge in [0.2, 0.25) is 0 Å². The van der Waals surface area contributed by atoms with Crippen molar-refractivity contribution in [3.05, 3.63) is 29.6 Å². The van der Waals surface area contributed by atoms with Gasteiger partial charge in [-0.3, -0.25) is 4.79 Å². The Bertz CT molecular complexity index is 459. The third-order valence-corrected chi connectivity index (χ3v) is 3.13. The van der Waals surface area contributed by atoms with Crippen molar-refractivity contribution >= 4 is 5.91 Å². The van der Waals surface area contributed by atoms with Crippen LogP contribution in [0.1, 0.15) is 30.1 Å². The zero-order chi connectivity index (χ0) is 13.8. The molecule has 2 N–H and O–H groups in total. The average Bonchev–Trinajstić information content (AvgIpc) is 2.35. The van der Waals surface area contributed by atoms with Gasteiger partial charge >= 0.3 is 0 Å². The van der Waals surface area contributed by atoms with Gasteiger partial charge in [-0.05, 0) is 18.6 Å². The number of carbonyl (C=O) groups excluding carboxylic acids is 1. The van der Waals surface area contributed by atoms with Crippen LogP contribution in [-0.4, -0.2) is 36.5 Å². The highest BCUT2D eigenvalue weighted by atomic mass is 19.1. The number of nitrogens with zero attached hydrogens (tertiary/aromatic N) is 1. The Morgan fingerprint density at radius 2 is 2.26 bits per heavy atom. The number of unbranched alkanes of at least 4 members (excludes halogenated alkanes) is 1. The van der Waals surface area contributed by atoms with Crippen molar-refractivity contribution < 1.29 is 13.9 Å². The Labute approximate surface area is 112 Å². The fraction of sp³-hybridized carbons (Fsp3) is 0.500. The topological polar surface area (TPSA) is 55.6 Å². The number of hydrogen-bond donors (Lipinski definition) is 1. The number of rotatable bonds is 5. The highest BCUT2D eigenvalue weighted by Gasteiger charge is 2.29. The second-order valence-electron chi connectivity index (χ2n) is 4.81. The smallest absolute Gasteiger partial charge is 0.256 e. The quantitative estimate of drug-likeness (QED) is 0.827. The van der Waals surface area contributed by atoms with Crippen molar-refractivity contribution in [3.8, 4) is 5.75 Å². The number of hydrogen-bond acceptors (Lipinski definition) is 3. The maximum atomic E-state index is 13.9. The lowest BCUT2D eigenvalue weighted by molar-refractivity contribution is 0.0603. The number of carbonyl (C=O) groups is 1. The predicted octanol–water partition coefficient (Wildman–Crippen LogP) is 1.79.